The van der Waals surface area contributed by atoms with E-state index < -0.39 is 0 Å². The molecule has 5 rings (SSSR count). The molecule has 4 aromatic rings. The van der Waals surface area contributed by atoms with Crippen LogP contribution in [0, 0.1) is 0 Å². The molecule has 0 bridgehead atoms. The minimum Gasteiger partial charge on any atom is -0.395 e. The van der Waals surface area contributed by atoms with E-state index in [1.165, 1.54) is 10.2 Å². The van der Waals surface area contributed by atoms with Crippen molar-refractivity contribution in [1.82, 2.24) is 30.1 Å². The molecule has 3 heterocycles. The van der Waals surface area contributed by atoms with Gasteiger partial charge in [0.05, 0.1) is 27.9 Å². The molecule has 0 spiro atoms. The van der Waals surface area contributed by atoms with Crippen LogP contribution in [0.15, 0.2) is 54.7 Å². The molecule has 1 aliphatic heterocycles. The SMILES string of the molecule is Nc1ncc(-c2ccc(CN3CCC[C@H]3CO)cc2)cc1-c1nnnn1-c1cccc(Cl)c1Cl. The van der Waals surface area contributed by atoms with E-state index in [0.717, 1.165) is 37.1 Å². The van der Waals surface area contributed by atoms with E-state index in [1.54, 1.807) is 24.4 Å². The smallest absolute Gasteiger partial charge is 0.190 e. The summed E-state index contributed by atoms with van der Waals surface area (Å²) in [6, 6.07) is 15.8. The average Bonchev–Trinajstić information content (AvgIpc) is 3.51. The van der Waals surface area contributed by atoms with Gasteiger partial charge in [0.25, 0.3) is 0 Å². The van der Waals surface area contributed by atoms with Crippen molar-refractivity contribution >= 4 is 29.0 Å². The monoisotopic (exact) mass is 495 g/mol. The van der Waals surface area contributed by atoms with Gasteiger partial charge in [0.2, 0.25) is 0 Å². The number of nitrogens with zero attached hydrogens (tertiary/aromatic N) is 6. The predicted octanol–water partition coefficient (Wildman–Crippen LogP) is 4.24. The van der Waals surface area contributed by atoms with Crippen molar-refractivity contribution in [3.05, 3.63) is 70.3 Å². The number of benzene rings is 2. The Balaban J connectivity index is 1.45. The molecule has 1 aliphatic rings. The summed E-state index contributed by atoms with van der Waals surface area (Å²) in [5, 5.41) is 22.4. The van der Waals surface area contributed by atoms with E-state index in [1.807, 2.05) is 6.07 Å². The Bertz CT molecular complexity index is 1310. The first-order chi connectivity index (χ1) is 16.5. The summed E-state index contributed by atoms with van der Waals surface area (Å²) in [5.41, 5.74) is 10.4. The molecule has 10 heteroatoms. The summed E-state index contributed by atoms with van der Waals surface area (Å²) in [6.07, 6.45) is 3.91. The van der Waals surface area contributed by atoms with Crippen molar-refractivity contribution in [3.63, 3.8) is 0 Å². The molecular weight excluding hydrogens is 473 g/mol. The van der Waals surface area contributed by atoms with Crippen LogP contribution >= 0.6 is 23.2 Å². The number of rotatable bonds is 6. The van der Waals surface area contributed by atoms with Crippen LogP contribution in [0.3, 0.4) is 0 Å². The quantitative estimate of drug-likeness (QED) is 0.411. The van der Waals surface area contributed by atoms with Crippen LogP contribution in [-0.4, -0.2) is 54.4 Å². The van der Waals surface area contributed by atoms with E-state index >= 15 is 0 Å². The molecule has 2 aromatic heterocycles. The number of anilines is 1. The Morgan fingerprint density at radius 2 is 1.91 bits per heavy atom. The molecular formula is C24H23Cl2N7O. The standard InChI is InChI=1S/C24H23Cl2N7O/c25-20-4-1-5-21(22(20)26)33-24(29-30-31-33)19-11-17(12-28-23(19)27)16-8-6-15(7-9-16)13-32-10-2-3-18(32)14-34/h1,4-9,11-12,18,34H,2-3,10,13-14H2,(H2,27,28)/t18-/m0/s1. The second-order valence-electron chi connectivity index (χ2n) is 8.29. The number of likely N-dealkylation sites (tertiary alicyclic amines) is 1. The van der Waals surface area contributed by atoms with Gasteiger partial charge in [-0.3, -0.25) is 4.90 Å². The van der Waals surface area contributed by atoms with Crippen molar-refractivity contribution in [2.24, 2.45) is 0 Å². The normalized spacial score (nSPS) is 16.3. The van der Waals surface area contributed by atoms with Gasteiger partial charge in [-0.1, -0.05) is 53.5 Å². The highest BCUT2D eigenvalue weighted by molar-refractivity contribution is 6.43. The summed E-state index contributed by atoms with van der Waals surface area (Å²) < 4.78 is 1.50. The zero-order valence-corrected chi connectivity index (χ0v) is 19.8. The maximum atomic E-state index is 9.57. The predicted molar refractivity (Wildman–Crippen MR) is 133 cm³/mol. The summed E-state index contributed by atoms with van der Waals surface area (Å²) in [7, 11) is 0. The van der Waals surface area contributed by atoms with Crippen molar-refractivity contribution in [3.8, 4) is 28.2 Å². The topological polar surface area (TPSA) is 106 Å². The van der Waals surface area contributed by atoms with Gasteiger partial charge in [0.15, 0.2) is 5.82 Å². The summed E-state index contributed by atoms with van der Waals surface area (Å²) in [4.78, 5) is 6.72. The molecule has 1 fully saturated rings. The molecule has 3 N–H and O–H groups in total. The van der Waals surface area contributed by atoms with Gasteiger partial charge in [0.1, 0.15) is 5.82 Å². The van der Waals surface area contributed by atoms with E-state index in [9.17, 15) is 5.11 Å². The van der Waals surface area contributed by atoms with Gasteiger partial charge in [-0.05, 0) is 59.1 Å². The maximum Gasteiger partial charge on any atom is 0.190 e. The lowest BCUT2D eigenvalue weighted by Crippen LogP contribution is -2.31. The third-order valence-corrected chi connectivity index (χ3v) is 6.98. The third-order valence-electron chi connectivity index (χ3n) is 6.17. The molecule has 34 heavy (non-hydrogen) atoms. The number of aliphatic hydroxyl groups is 1. The number of pyridine rings is 1. The number of aliphatic hydroxyl groups excluding tert-OH is 1. The van der Waals surface area contributed by atoms with Crippen LogP contribution in [0.1, 0.15) is 18.4 Å². The lowest BCUT2D eigenvalue weighted by molar-refractivity contribution is 0.153. The molecule has 0 amide bonds. The largest absolute Gasteiger partial charge is 0.395 e. The van der Waals surface area contributed by atoms with Crippen molar-refractivity contribution < 1.29 is 5.11 Å². The summed E-state index contributed by atoms with van der Waals surface area (Å²) in [6.45, 7) is 2.05. The molecule has 174 valence electrons. The van der Waals surface area contributed by atoms with Crippen LogP contribution in [0.2, 0.25) is 10.0 Å². The van der Waals surface area contributed by atoms with Crippen LogP contribution in [0.4, 0.5) is 5.82 Å². The fourth-order valence-electron chi connectivity index (χ4n) is 4.33. The molecule has 0 saturated carbocycles. The fourth-order valence-corrected chi connectivity index (χ4v) is 4.71. The second kappa shape index (κ2) is 9.68. The summed E-state index contributed by atoms with van der Waals surface area (Å²) in [5.74, 6) is 0.718. The van der Waals surface area contributed by atoms with Crippen LogP contribution in [0.25, 0.3) is 28.2 Å². The van der Waals surface area contributed by atoms with Crippen LogP contribution in [-0.2, 0) is 6.54 Å². The molecule has 8 nitrogen and oxygen atoms in total. The van der Waals surface area contributed by atoms with E-state index in [4.69, 9.17) is 28.9 Å². The Morgan fingerprint density at radius 3 is 2.71 bits per heavy atom. The first kappa shape index (κ1) is 22.7. The number of aromatic nitrogens is 5. The minimum atomic E-state index is 0.206. The maximum absolute atomic E-state index is 9.57. The first-order valence-corrected chi connectivity index (χ1v) is 11.7. The molecule has 0 radical (unpaired) electrons. The first-order valence-electron chi connectivity index (χ1n) is 11.0. The van der Waals surface area contributed by atoms with Crippen molar-refractivity contribution in [1.29, 1.82) is 0 Å². The minimum absolute atomic E-state index is 0.206. The van der Waals surface area contributed by atoms with Gasteiger partial charge in [-0.25, -0.2) is 4.98 Å². The number of halogens is 2. The molecule has 0 aliphatic carbocycles. The number of nitrogens with two attached hydrogens (primary N) is 1. The van der Waals surface area contributed by atoms with Crippen molar-refractivity contribution in [2.75, 3.05) is 18.9 Å². The molecule has 2 aromatic carbocycles. The lowest BCUT2D eigenvalue weighted by atomic mass is 10.0. The Morgan fingerprint density at radius 1 is 1.09 bits per heavy atom. The molecule has 0 unspecified atom stereocenters. The number of hydrogen-bond donors (Lipinski definition) is 2. The highest BCUT2D eigenvalue weighted by atomic mass is 35.5. The highest BCUT2D eigenvalue weighted by Crippen LogP contribution is 2.33. The van der Waals surface area contributed by atoms with Crippen LogP contribution in [0.5, 0.6) is 0 Å². The Labute approximate surface area is 206 Å². The van der Waals surface area contributed by atoms with Gasteiger partial charge in [-0.2, -0.15) is 4.68 Å². The number of hydrogen-bond acceptors (Lipinski definition) is 7. The zero-order chi connectivity index (χ0) is 23.7. The fraction of sp³-hybridized carbons (Fsp3) is 0.250. The average molecular weight is 496 g/mol. The van der Waals surface area contributed by atoms with E-state index in [0.29, 0.717) is 32.9 Å². The van der Waals surface area contributed by atoms with Gasteiger partial charge in [-0.15, -0.1) is 5.10 Å². The second-order valence-corrected chi connectivity index (χ2v) is 9.08. The number of nitrogen functional groups attached to an aromatic ring is 1. The third kappa shape index (κ3) is 4.37. The van der Waals surface area contributed by atoms with Crippen molar-refractivity contribution in [2.45, 2.75) is 25.4 Å². The Hall–Kier alpha value is -3.04. The van der Waals surface area contributed by atoms with E-state index in [2.05, 4.69) is 49.7 Å². The summed E-state index contributed by atoms with van der Waals surface area (Å²) >= 11 is 12.6. The number of tetrazole rings is 1. The zero-order valence-electron chi connectivity index (χ0n) is 18.3. The molecule has 1 atom stereocenters. The van der Waals surface area contributed by atoms with Gasteiger partial charge >= 0.3 is 0 Å². The van der Waals surface area contributed by atoms with E-state index in [-0.39, 0.29) is 12.6 Å². The molecule has 1 saturated heterocycles. The lowest BCUT2D eigenvalue weighted by Gasteiger charge is -2.22. The van der Waals surface area contributed by atoms with Crippen LogP contribution < -0.4 is 5.73 Å². The van der Waals surface area contributed by atoms with Gasteiger partial charge in [0, 0.05) is 24.3 Å². The van der Waals surface area contributed by atoms with Gasteiger partial charge < -0.3 is 10.8 Å². The highest BCUT2D eigenvalue weighted by Gasteiger charge is 2.23. The Kier molecular flexibility index (Phi) is 6.47.